The van der Waals surface area contributed by atoms with Gasteiger partial charge in [-0.15, -0.1) is 0 Å². The van der Waals surface area contributed by atoms with E-state index in [-0.39, 0.29) is 0 Å². The zero-order valence-corrected chi connectivity index (χ0v) is 4.64. The number of rotatable bonds is 3. The van der Waals surface area contributed by atoms with E-state index in [9.17, 15) is 0 Å². The topological polar surface area (TPSA) is 41.5 Å². The molecular formula is C3H10BNO2. The lowest BCUT2D eigenvalue weighted by Crippen LogP contribution is -2.31. The summed E-state index contributed by atoms with van der Waals surface area (Å²) in [6.07, 6.45) is 0. The van der Waals surface area contributed by atoms with Gasteiger partial charge in [-0.1, -0.05) is 0 Å². The predicted octanol–water partition coefficient (Wildman–Crippen LogP) is -0.710. The second-order valence-corrected chi connectivity index (χ2v) is 1.31. The van der Waals surface area contributed by atoms with E-state index in [2.05, 4.69) is 9.96 Å². The second kappa shape index (κ2) is 4.11. The second-order valence-electron chi connectivity index (χ2n) is 1.31. The lowest BCUT2D eigenvalue weighted by atomic mass is 9.90. The third kappa shape index (κ3) is 5.94. The summed E-state index contributed by atoms with van der Waals surface area (Å²) in [7, 11) is 1.09. The minimum Gasteiger partial charge on any atom is -0.437 e. The normalized spacial score (nSPS) is 9.00. The maximum absolute atomic E-state index is 8.49. The van der Waals surface area contributed by atoms with Crippen LogP contribution in [-0.4, -0.2) is 25.9 Å². The Labute approximate surface area is 43.8 Å². The Balaban J connectivity index is 2.68. The van der Waals surface area contributed by atoms with Crippen molar-refractivity contribution in [1.82, 2.24) is 5.23 Å². The maximum Gasteiger partial charge on any atom is 0.375 e. The van der Waals surface area contributed by atoms with Crippen LogP contribution in [0.4, 0.5) is 0 Å². The molecule has 7 heavy (non-hydrogen) atoms. The van der Waals surface area contributed by atoms with E-state index in [1.807, 2.05) is 0 Å². The number of nitrogens with one attached hydrogen (secondary N) is 1. The molecular weight excluding hydrogens is 92.8 g/mol. The van der Waals surface area contributed by atoms with Gasteiger partial charge >= 0.3 is 7.05 Å². The highest BCUT2D eigenvalue weighted by molar-refractivity contribution is 6.45. The summed E-state index contributed by atoms with van der Waals surface area (Å²) < 4.78 is 4.58. The molecule has 0 rings (SSSR count). The molecule has 0 spiro atoms. The molecule has 0 aliphatic carbocycles. The Hall–Kier alpha value is -0.0551. The molecule has 0 amide bonds. The quantitative estimate of drug-likeness (QED) is 0.366. The van der Waals surface area contributed by atoms with E-state index in [0.29, 0.717) is 6.73 Å². The number of ether oxygens (including phenoxy) is 1. The minimum absolute atomic E-state index is 0.400. The summed E-state index contributed by atoms with van der Waals surface area (Å²) in [5.41, 5.74) is 0. The van der Waals surface area contributed by atoms with Crippen LogP contribution < -0.4 is 5.23 Å². The monoisotopic (exact) mass is 103 g/mol. The lowest BCUT2D eigenvalue weighted by molar-refractivity contribution is 0.190. The molecule has 0 fully saturated rings. The first-order valence-electron chi connectivity index (χ1n) is 2.17. The Morgan fingerprint density at radius 2 is 2.43 bits per heavy atom. The molecule has 0 bridgehead atoms. The van der Waals surface area contributed by atoms with Gasteiger partial charge < -0.3 is 15.0 Å². The van der Waals surface area contributed by atoms with Crippen molar-refractivity contribution < 1.29 is 9.76 Å². The fraction of sp³-hybridized carbons (Fsp3) is 1.00. The van der Waals surface area contributed by atoms with Crippen LogP contribution in [0.25, 0.3) is 0 Å². The van der Waals surface area contributed by atoms with Crippen molar-refractivity contribution in [2.45, 2.75) is 6.82 Å². The standard InChI is InChI=1S/C3H10BNO2/c1-4(6)5-3-7-2/h5-6H,3H2,1-2H3. The minimum atomic E-state index is -0.472. The molecule has 0 aliphatic heterocycles. The van der Waals surface area contributed by atoms with Crippen molar-refractivity contribution in [3.63, 3.8) is 0 Å². The van der Waals surface area contributed by atoms with Gasteiger partial charge in [0, 0.05) is 7.11 Å². The fourth-order valence-corrected chi connectivity index (χ4v) is 0.204. The molecule has 0 aromatic heterocycles. The Kier molecular flexibility index (Phi) is 4.08. The van der Waals surface area contributed by atoms with Gasteiger partial charge in [-0.25, -0.2) is 0 Å². The van der Waals surface area contributed by atoms with Crippen LogP contribution in [0.2, 0.25) is 6.82 Å². The number of hydrogen-bond acceptors (Lipinski definition) is 3. The van der Waals surface area contributed by atoms with Crippen molar-refractivity contribution in [3.05, 3.63) is 0 Å². The lowest BCUT2D eigenvalue weighted by Gasteiger charge is -1.99. The van der Waals surface area contributed by atoms with Crippen LogP contribution in [0.5, 0.6) is 0 Å². The molecule has 0 heterocycles. The highest BCUT2D eigenvalue weighted by Gasteiger charge is 1.96. The van der Waals surface area contributed by atoms with Crippen LogP contribution in [0.1, 0.15) is 0 Å². The maximum atomic E-state index is 8.49. The molecule has 4 heteroatoms. The molecule has 0 aromatic carbocycles. The highest BCUT2D eigenvalue weighted by Crippen LogP contribution is 1.63. The first-order valence-corrected chi connectivity index (χ1v) is 2.17. The first-order chi connectivity index (χ1) is 3.27. The van der Waals surface area contributed by atoms with E-state index in [1.165, 1.54) is 0 Å². The van der Waals surface area contributed by atoms with Crippen LogP contribution in [0.3, 0.4) is 0 Å². The van der Waals surface area contributed by atoms with E-state index in [0.717, 1.165) is 0 Å². The molecule has 0 saturated heterocycles. The Morgan fingerprint density at radius 1 is 1.86 bits per heavy atom. The van der Waals surface area contributed by atoms with E-state index in [4.69, 9.17) is 5.02 Å². The molecule has 2 N–H and O–H groups in total. The van der Waals surface area contributed by atoms with Crippen molar-refractivity contribution in [3.8, 4) is 0 Å². The Morgan fingerprint density at radius 3 is 2.57 bits per heavy atom. The van der Waals surface area contributed by atoms with Crippen LogP contribution in [0.15, 0.2) is 0 Å². The average molecular weight is 103 g/mol. The summed E-state index contributed by atoms with van der Waals surface area (Å²) >= 11 is 0. The van der Waals surface area contributed by atoms with Gasteiger partial charge in [0.2, 0.25) is 0 Å². The van der Waals surface area contributed by atoms with E-state index in [1.54, 1.807) is 13.9 Å². The summed E-state index contributed by atoms with van der Waals surface area (Å²) in [5, 5.41) is 11.1. The van der Waals surface area contributed by atoms with Gasteiger partial charge in [-0.3, -0.25) is 0 Å². The largest absolute Gasteiger partial charge is 0.437 e. The van der Waals surface area contributed by atoms with Gasteiger partial charge in [-0.05, 0) is 6.82 Å². The first kappa shape index (κ1) is 6.94. The smallest absolute Gasteiger partial charge is 0.375 e. The van der Waals surface area contributed by atoms with Gasteiger partial charge in [0.1, 0.15) is 0 Å². The third-order valence-corrected chi connectivity index (χ3v) is 0.523. The number of hydrogen-bond donors (Lipinski definition) is 2. The zero-order valence-electron chi connectivity index (χ0n) is 4.64. The zero-order chi connectivity index (χ0) is 5.70. The van der Waals surface area contributed by atoms with E-state index >= 15 is 0 Å². The molecule has 0 unspecified atom stereocenters. The average Bonchev–Trinajstić information content (AvgIpc) is 1.61. The molecule has 42 valence electrons. The summed E-state index contributed by atoms with van der Waals surface area (Å²) in [6, 6.07) is 0. The molecule has 0 radical (unpaired) electrons. The molecule has 3 nitrogen and oxygen atoms in total. The van der Waals surface area contributed by atoms with Gasteiger partial charge in [0.05, 0.1) is 6.73 Å². The van der Waals surface area contributed by atoms with Gasteiger partial charge in [0.15, 0.2) is 0 Å². The van der Waals surface area contributed by atoms with Crippen LogP contribution >= 0.6 is 0 Å². The molecule has 0 aliphatic rings. The number of methoxy groups -OCH3 is 1. The summed E-state index contributed by atoms with van der Waals surface area (Å²) in [6.45, 7) is 2.04. The highest BCUT2D eigenvalue weighted by atomic mass is 16.5. The van der Waals surface area contributed by atoms with Crippen molar-refractivity contribution >= 4 is 7.05 Å². The molecule has 0 atom stereocenters. The van der Waals surface area contributed by atoms with E-state index < -0.39 is 7.05 Å². The summed E-state index contributed by atoms with van der Waals surface area (Å²) in [5.74, 6) is 0. The fourth-order valence-electron chi connectivity index (χ4n) is 0.204. The SMILES string of the molecule is COCNB(C)O. The van der Waals surface area contributed by atoms with Gasteiger partial charge in [-0.2, -0.15) is 0 Å². The van der Waals surface area contributed by atoms with Crippen LogP contribution in [0, 0.1) is 0 Å². The van der Waals surface area contributed by atoms with Crippen LogP contribution in [-0.2, 0) is 4.74 Å². The van der Waals surface area contributed by atoms with Crippen molar-refractivity contribution in [2.75, 3.05) is 13.8 Å². The Bertz CT molecular complexity index is 41.9. The summed E-state index contributed by atoms with van der Waals surface area (Å²) in [4.78, 5) is 0. The predicted molar refractivity (Wildman–Crippen MR) is 28.8 cm³/mol. The molecule has 0 aromatic rings. The third-order valence-electron chi connectivity index (χ3n) is 0.523. The van der Waals surface area contributed by atoms with Gasteiger partial charge in [0.25, 0.3) is 0 Å². The van der Waals surface area contributed by atoms with Crippen molar-refractivity contribution in [2.24, 2.45) is 0 Å². The molecule has 0 saturated carbocycles. The van der Waals surface area contributed by atoms with Crippen molar-refractivity contribution in [1.29, 1.82) is 0 Å².